The summed E-state index contributed by atoms with van der Waals surface area (Å²) in [5, 5.41) is 11.8. The predicted molar refractivity (Wildman–Crippen MR) is 121 cm³/mol. The third-order valence-electron chi connectivity index (χ3n) is 5.49. The van der Waals surface area contributed by atoms with Gasteiger partial charge in [0.25, 0.3) is 0 Å². The fraction of sp³-hybridized carbons (Fsp3) is 0.571. The highest BCUT2D eigenvalue weighted by Gasteiger charge is 2.24. The highest BCUT2D eigenvalue weighted by atomic mass is 16.5. The van der Waals surface area contributed by atoms with Crippen LogP contribution in [0.5, 0.6) is 0 Å². The maximum atomic E-state index is 5.57. The Kier molecular flexibility index (Phi) is 6.88. The molecule has 0 aromatic carbocycles. The summed E-state index contributed by atoms with van der Waals surface area (Å²) >= 11 is 0. The minimum absolute atomic E-state index is 0.436. The molecule has 1 aliphatic heterocycles. The van der Waals surface area contributed by atoms with Gasteiger partial charge >= 0.3 is 0 Å². The van der Waals surface area contributed by atoms with Crippen LogP contribution in [-0.4, -0.2) is 68.6 Å². The quantitative estimate of drug-likeness (QED) is 0.499. The van der Waals surface area contributed by atoms with Crippen molar-refractivity contribution in [3.05, 3.63) is 24.3 Å². The second kappa shape index (κ2) is 9.97. The number of ether oxygens (including phenoxy) is 1. The van der Waals surface area contributed by atoms with Crippen molar-refractivity contribution >= 4 is 28.6 Å². The molecule has 1 aliphatic rings. The van der Waals surface area contributed by atoms with E-state index in [1.165, 1.54) is 6.33 Å². The van der Waals surface area contributed by atoms with Crippen LogP contribution in [-0.2, 0) is 17.7 Å². The van der Waals surface area contributed by atoms with Gasteiger partial charge in [-0.25, -0.2) is 15.0 Å². The Morgan fingerprint density at radius 1 is 1.26 bits per heavy atom. The van der Waals surface area contributed by atoms with E-state index in [1.807, 2.05) is 17.7 Å². The summed E-state index contributed by atoms with van der Waals surface area (Å²) in [7, 11) is 0. The van der Waals surface area contributed by atoms with Crippen molar-refractivity contribution in [2.45, 2.75) is 46.2 Å². The van der Waals surface area contributed by atoms with Crippen LogP contribution < -0.4 is 15.5 Å². The summed E-state index contributed by atoms with van der Waals surface area (Å²) in [5.74, 6) is 2.11. The van der Waals surface area contributed by atoms with Gasteiger partial charge in [0.1, 0.15) is 23.2 Å². The molecule has 0 spiro atoms. The molecular formula is C21H31N9O. The summed E-state index contributed by atoms with van der Waals surface area (Å²) in [4.78, 5) is 20.5. The van der Waals surface area contributed by atoms with Crippen LogP contribution in [0.4, 0.5) is 17.6 Å². The summed E-state index contributed by atoms with van der Waals surface area (Å²) in [6.45, 7) is 10.9. The lowest BCUT2D eigenvalue weighted by molar-refractivity contribution is 0.137. The Bertz CT molecular complexity index is 991. The topological polar surface area (TPSA) is 106 Å². The van der Waals surface area contributed by atoms with Gasteiger partial charge in [-0.3, -0.25) is 4.68 Å². The number of nitrogens with zero attached hydrogens (tertiary/aromatic N) is 7. The summed E-state index contributed by atoms with van der Waals surface area (Å²) in [5.41, 5.74) is 2.72. The molecule has 2 N–H and O–H groups in total. The lowest BCUT2D eigenvalue weighted by Gasteiger charge is -2.33. The van der Waals surface area contributed by atoms with Crippen molar-refractivity contribution < 1.29 is 4.74 Å². The average Bonchev–Trinajstić information content (AvgIpc) is 3.18. The van der Waals surface area contributed by atoms with E-state index in [1.54, 1.807) is 6.20 Å². The minimum atomic E-state index is 0.436. The lowest BCUT2D eigenvalue weighted by atomic mass is 10.1. The Balaban J connectivity index is 1.79. The first-order valence-corrected chi connectivity index (χ1v) is 11.1. The molecule has 0 radical (unpaired) electrons. The van der Waals surface area contributed by atoms with Crippen molar-refractivity contribution in [3.63, 3.8) is 0 Å². The Morgan fingerprint density at radius 3 is 2.90 bits per heavy atom. The van der Waals surface area contributed by atoms with Crippen molar-refractivity contribution in [2.24, 2.45) is 0 Å². The zero-order valence-corrected chi connectivity index (χ0v) is 18.5. The van der Waals surface area contributed by atoms with Crippen LogP contribution >= 0.6 is 0 Å². The Hall–Kier alpha value is -2.85. The zero-order valence-electron chi connectivity index (χ0n) is 18.5. The highest BCUT2D eigenvalue weighted by molar-refractivity contribution is 5.90. The molecule has 0 saturated carbocycles. The summed E-state index contributed by atoms with van der Waals surface area (Å²) < 4.78 is 7.52. The monoisotopic (exact) mass is 425 g/mol. The van der Waals surface area contributed by atoms with Gasteiger partial charge in [0.05, 0.1) is 18.8 Å². The Morgan fingerprint density at radius 2 is 2.16 bits per heavy atom. The van der Waals surface area contributed by atoms with Crippen LogP contribution in [0.3, 0.4) is 0 Å². The maximum Gasteiger partial charge on any atom is 0.228 e. The number of hydrogen-bond acceptors (Lipinski definition) is 9. The molecule has 31 heavy (non-hydrogen) atoms. The highest BCUT2D eigenvalue weighted by Crippen LogP contribution is 2.29. The molecule has 10 nitrogen and oxygen atoms in total. The molecule has 3 aromatic heterocycles. The van der Waals surface area contributed by atoms with Crippen molar-refractivity contribution in [3.8, 4) is 0 Å². The summed E-state index contributed by atoms with van der Waals surface area (Å²) in [6, 6.07) is 2.26. The third kappa shape index (κ3) is 4.75. The number of piperazine rings is 1. The van der Waals surface area contributed by atoms with E-state index >= 15 is 0 Å². The van der Waals surface area contributed by atoms with Crippen LogP contribution in [0, 0.1) is 0 Å². The van der Waals surface area contributed by atoms with Crippen molar-refractivity contribution in [2.75, 3.05) is 43.1 Å². The van der Waals surface area contributed by atoms with E-state index in [9.17, 15) is 0 Å². The smallest absolute Gasteiger partial charge is 0.228 e. The number of hydrogen-bond donors (Lipinski definition) is 2. The molecular weight excluding hydrogens is 394 g/mol. The molecule has 4 heterocycles. The van der Waals surface area contributed by atoms with Crippen LogP contribution in [0.15, 0.2) is 18.6 Å². The number of fused-ring (bicyclic) bond motifs is 1. The normalized spacial score (nSPS) is 16.7. The van der Waals surface area contributed by atoms with E-state index < -0.39 is 0 Å². The van der Waals surface area contributed by atoms with Gasteiger partial charge in [-0.2, -0.15) is 10.1 Å². The third-order valence-corrected chi connectivity index (χ3v) is 5.49. The summed E-state index contributed by atoms with van der Waals surface area (Å²) in [6.07, 6.45) is 5.09. The molecule has 166 valence electrons. The van der Waals surface area contributed by atoms with Gasteiger partial charge in [-0.05, 0) is 25.8 Å². The van der Waals surface area contributed by atoms with Gasteiger partial charge in [-0.1, -0.05) is 13.8 Å². The fourth-order valence-electron chi connectivity index (χ4n) is 3.82. The molecule has 3 aromatic rings. The van der Waals surface area contributed by atoms with Gasteiger partial charge in [0.15, 0.2) is 5.82 Å². The maximum absolute atomic E-state index is 5.57. The van der Waals surface area contributed by atoms with Gasteiger partial charge in [0.2, 0.25) is 5.95 Å². The average molecular weight is 426 g/mol. The largest absolute Gasteiger partial charge is 0.380 e. The first kappa shape index (κ1) is 21.4. The fourth-order valence-corrected chi connectivity index (χ4v) is 3.82. The molecule has 4 rings (SSSR count). The van der Waals surface area contributed by atoms with Crippen LogP contribution in [0.1, 0.15) is 32.9 Å². The van der Waals surface area contributed by atoms with E-state index in [0.717, 1.165) is 55.2 Å². The second-order valence-corrected chi connectivity index (χ2v) is 7.51. The molecule has 1 saturated heterocycles. The van der Waals surface area contributed by atoms with E-state index in [0.29, 0.717) is 37.4 Å². The molecule has 0 bridgehead atoms. The first-order chi connectivity index (χ1) is 15.2. The van der Waals surface area contributed by atoms with Gasteiger partial charge in [-0.15, -0.1) is 0 Å². The van der Waals surface area contributed by atoms with Crippen LogP contribution in [0.2, 0.25) is 0 Å². The molecule has 0 unspecified atom stereocenters. The number of rotatable bonds is 9. The van der Waals surface area contributed by atoms with E-state index in [2.05, 4.69) is 39.3 Å². The second-order valence-electron chi connectivity index (χ2n) is 7.51. The number of anilines is 3. The SMILES string of the molecule is CCOCCn1nc(CC)c2nc(N3CCN[C@H](CC)C3)nc(Nc3ccncn3)c21. The molecule has 0 amide bonds. The predicted octanol–water partition coefficient (Wildman–Crippen LogP) is 2.15. The van der Waals surface area contributed by atoms with Crippen molar-refractivity contribution in [1.82, 2.24) is 35.0 Å². The number of aryl methyl sites for hydroxylation is 1. The standard InChI is InChI=1S/C21H31N9O/c1-4-15-13-29(10-9-23-15)21-26-18-16(5-2)28-30(11-12-31-6-3)19(18)20(27-21)25-17-7-8-22-14-24-17/h7-8,14-15,23H,4-6,9-13H2,1-3H3,(H,22,24,25,26,27)/t15-/m1/s1. The zero-order chi connectivity index (χ0) is 21.6. The first-order valence-electron chi connectivity index (χ1n) is 11.1. The minimum Gasteiger partial charge on any atom is -0.380 e. The molecule has 10 heteroatoms. The van der Waals surface area contributed by atoms with Gasteiger partial charge < -0.3 is 20.3 Å². The molecule has 1 atom stereocenters. The Labute approximate surface area is 182 Å². The van der Waals surface area contributed by atoms with E-state index in [-0.39, 0.29) is 0 Å². The van der Waals surface area contributed by atoms with Gasteiger partial charge in [0, 0.05) is 38.5 Å². The van der Waals surface area contributed by atoms with E-state index in [4.69, 9.17) is 19.8 Å². The number of aromatic nitrogens is 6. The van der Waals surface area contributed by atoms with Crippen LogP contribution in [0.25, 0.3) is 11.0 Å². The molecule has 0 aliphatic carbocycles. The lowest BCUT2D eigenvalue weighted by Crippen LogP contribution is -2.51. The van der Waals surface area contributed by atoms with Crippen molar-refractivity contribution in [1.29, 1.82) is 0 Å². The number of nitrogens with one attached hydrogen (secondary N) is 2. The molecule has 1 fully saturated rings.